The molecule has 1 aromatic carbocycles. The van der Waals surface area contributed by atoms with Crippen LogP contribution in [0.5, 0.6) is 0 Å². The normalized spacial score (nSPS) is 18.3. The average Bonchev–Trinajstić information content (AvgIpc) is 3.31. The van der Waals surface area contributed by atoms with Crippen LogP contribution in [0.25, 0.3) is 0 Å². The van der Waals surface area contributed by atoms with Gasteiger partial charge in [-0.15, -0.1) is 11.3 Å². The predicted molar refractivity (Wildman–Crippen MR) is 121 cm³/mol. The number of hydrogen-bond donors (Lipinski definition) is 2. The number of anilines is 1. The highest BCUT2D eigenvalue weighted by atomic mass is 35.5. The van der Waals surface area contributed by atoms with Gasteiger partial charge < -0.3 is 15.5 Å². The molecule has 3 heterocycles. The van der Waals surface area contributed by atoms with Crippen molar-refractivity contribution >= 4 is 51.9 Å². The van der Waals surface area contributed by atoms with Crippen molar-refractivity contribution < 1.29 is 9.18 Å². The Morgan fingerprint density at radius 1 is 1.23 bits per heavy atom. The third-order valence-corrected chi connectivity index (χ3v) is 6.47. The summed E-state index contributed by atoms with van der Waals surface area (Å²) in [5, 5.41) is 6.48. The van der Waals surface area contributed by atoms with E-state index in [9.17, 15) is 9.18 Å². The molecule has 1 fully saturated rings. The van der Waals surface area contributed by atoms with Gasteiger partial charge in [-0.1, -0.05) is 29.8 Å². The molecule has 9 heteroatoms. The SMILES string of the molecule is O=C(CCN1C(=S)N[C@@H](c2ccccn2)[C@H]1c1ccc(Cl)s1)Nc1ccccc1F. The predicted octanol–water partition coefficient (Wildman–Crippen LogP) is 4.94. The Balaban J connectivity index is 1.52. The second-order valence-corrected chi connectivity index (χ2v) is 8.87. The van der Waals surface area contributed by atoms with Crippen molar-refractivity contribution in [2.45, 2.75) is 18.5 Å². The van der Waals surface area contributed by atoms with Crippen LogP contribution in [0.15, 0.2) is 60.8 Å². The lowest BCUT2D eigenvalue weighted by Crippen LogP contribution is -2.32. The number of amides is 1. The molecule has 1 saturated heterocycles. The number of thiocarbonyl (C=S) groups is 1. The third-order valence-electron chi connectivity index (χ3n) is 4.81. The number of para-hydroxylation sites is 1. The first kappa shape index (κ1) is 20.7. The van der Waals surface area contributed by atoms with E-state index in [0.717, 1.165) is 10.6 Å². The largest absolute Gasteiger partial charge is 0.352 e. The van der Waals surface area contributed by atoms with E-state index >= 15 is 0 Å². The van der Waals surface area contributed by atoms with E-state index in [4.69, 9.17) is 23.8 Å². The van der Waals surface area contributed by atoms with Gasteiger partial charge in [0, 0.05) is 24.0 Å². The minimum Gasteiger partial charge on any atom is -0.352 e. The number of aromatic nitrogens is 1. The molecular weight excluding hydrogens is 443 g/mol. The van der Waals surface area contributed by atoms with Crippen LogP contribution in [0.3, 0.4) is 0 Å². The summed E-state index contributed by atoms with van der Waals surface area (Å²) in [7, 11) is 0. The molecule has 0 aliphatic carbocycles. The number of carbonyl (C=O) groups excluding carboxylic acids is 1. The Kier molecular flexibility index (Phi) is 6.26. The van der Waals surface area contributed by atoms with Crippen molar-refractivity contribution in [3.63, 3.8) is 0 Å². The standard InChI is InChI=1S/C21H18ClFN4OS2/c22-17-9-8-16(30-17)20-19(15-7-3-4-11-24-15)26-21(29)27(20)12-10-18(28)25-14-6-2-1-5-13(14)23/h1-9,11,19-20H,10,12H2,(H,25,28)(H,26,29)/t19-,20+/m0/s1. The fourth-order valence-electron chi connectivity index (χ4n) is 3.44. The zero-order valence-electron chi connectivity index (χ0n) is 15.7. The van der Waals surface area contributed by atoms with E-state index in [0.29, 0.717) is 16.0 Å². The number of thiophene rings is 1. The molecule has 1 aliphatic rings. The van der Waals surface area contributed by atoms with Crippen molar-refractivity contribution in [3.05, 3.63) is 81.5 Å². The zero-order valence-corrected chi connectivity index (χ0v) is 18.1. The van der Waals surface area contributed by atoms with Gasteiger partial charge in [0.1, 0.15) is 5.82 Å². The molecule has 0 spiro atoms. The summed E-state index contributed by atoms with van der Waals surface area (Å²) in [6, 6.07) is 15.3. The Bertz CT molecular complexity index is 1060. The van der Waals surface area contributed by atoms with Crippen LogP contribution in [0, 0.1) is 5.82 Å². The summed E-state index contributed by atoms with van der Waals surface area (Å²) in [5.41, 5.74) is 1.02. The molecule has 1 aliphatic heterocycles. The van der Waals surface area contributed by atoms with Crippen LogP contribution in [0.1, 0.15) is 29.1 Å². The van der Waals surface area contributed by atoms with Gasteiger partial charge in [0.2, 0.25) is 5.91 Å². The number of pyridine rings is 1. The van der Waals surface area contributed by atoms with E-state index < -0.39 is 5.82 Å². The van der Waals surface area contributed by atoms with Crippen LogP contribution < -0.4 is 10.6 Å². The molecule has 2 N–H and O–H groups in total. The Labute approximate surface area is 187 Å². The second-order valence-electron chi connectivity index (χ2n) is 6.74. The molecule has 30 heavy (non-hydrogen) atoms. The van der Waals surface area contributed by atoms with Gasteiger partial charge in [-0.25, -0.2) is 4.39 Å². The van der Waals surface area contributed by atoms with E-state index in [1.165, 1.54) is 23.5 Å². The Hall–Kier alpha value is -2.55. The van der Waals surface area contributed by atoms with Crippen LogP contribution in [0.2, 0.25) is 4.34 Å². The molecule has 5 nitrogen and oxygen atoms in total. The van der Waals surface area contributed by atoms with Crippen LogP contribution in [-0.4, -0.2) is 27.4 Å². The molecule has 0 unspecified atom stereocenters. The Morgan fingerprint density at radius 3 is 2.73 bits per heavy atom. The molecule has 0 saturated carbocycles. The number of halogens is 2. The van der Waals surface area contributed by atoms with Crippen molar-refractivity contribution in [2.24, 2.45) is 0 Å². The topological polar surface area (TPSA) is 57.3 Å². The fraction of sp³-hybridized carbons (Fsp3) is 0.190. The summed E-state index contributed by atoms with van der Waals surface area (Å²) in [6.07, 6.45) is 1.89. The van der Waals surface area contributed by atoms with Crippen molar-refractivity contribution in [1.29, 1.82) is 0 Å². The van der Waals surface area contributed by atoms with E-state index in [-0.39, 0.29) is 30.1 Å². The number of carbonyl (C=O) groups is 1. The smallest absolute Gasteiger partial charge is 0.226 e. The monoisotopic (exact) mass is 460 g/mol. The van der Waals surface area contributed by atoms with Gasteiger partial charge in [0.25, 0.3) is 0 Å². The van der Waals surface area contributed by atoms with Crippen LogP contribution in [0.4, 0.5) is 10.1 Å². The molecule has 3 aromatic rings. The molecule has 4 rings (SSSR count). The fourth-order valence-corrected chi connectivity index (χ4v) is 4.98. The van der Waals surface area contributed by atoms with Crippen molar-refractivity contribution in [2.75, 3.05) is 11.9 Å². The van der Waals surface area contributed by atoms with E-state index in [1.54, 1.807) is 18.3 Å². The lowest BCUT2D eigenvalue weighted by molar-refractivity contribution is -0.116. The van der Waals surface area contributed by atoms with Gasteiger partial charge in [-0.2, -0.15) is 0 Å². The van der Waals surface area contributed by atoms with Crippen molar-refractivity contribution in [3.8, 4) is 0 Å². The molecule has 2 aromatic heterocycles. The summed E-state index contributed by atoms with van der Waals surface area (Å²) in [4.78, 5) is 19.9. The average molecular weight is 461 g/mol. The number of benzene rings is 1. The number of nitrogens with one attached hydrogen (secondary N) is 2. The minimum atomic E-state index is -0.467. The minimum absolute atomic E-state index is 0.147. The van der Waals surface area contributed by atoms with E-state index in [1.807, 2.05) is 35.2 Å². The summed E-state index contributed by atoms with van der Waals surface area (Å²) < 4.78 is 14.5. The first-order valence-electron chi connectivity index (χ1n) is 9.30. The lowest BCUT2D eigenvalue weighted by Gasteiger charge is -2.26. The van der Waals surface area contributed by atoms with E-state index in [2.05, 4.69) is 15.6 Å². The first-order valence-corrected chi connectivity index (χ1v) is 10.9. The van der Waals surface area contributed by atoms with Gasteiger partial charge in [-0.05, 0) is 48.6 Å². The number of nitrogens with zero attached hydrogens (tertiary/aromatic N) is 2. The van der Waals surface area contributed by atoms with Crippen LogP contribution >= 0.6 is 35.2 Å². The lowest BCUT2D eigenvalue weighted by atomic mass is 10.0. The number of rotatable bonds is 6. The first-order chi connectivity index (χ1) is 14.5. The molecule has 0 radical (unpaired) electrons. The van der Waals surface area contributed by atoms with Gasteiger partial charge >= 0.3 is 0 Å². The Morgan fingerprint density at radius 2 is 2.03 bits per heavy atom. The number of hydrogen-bond acceptors (Lipinski definition) is 4. The molecule has 2 atom stereocenters. The quantitative estimate of drug-likeness (QED) is 0.510. The zero-order chi connectivity index (χ0) is 21.1. The highest BCUT2D eigenvalue weighted by Gasteiger charge is 2.40. The van der Waals surface area contributed by atoms with Gasteiger partial charge in [0.15, 0.2) is 5.11 Å². The van der Waals surface area contributed by atoms with Gasteiger partial charge in [0.05, 0.1) is 27.8 Å². The highest BCUT2D eigenvalue weighted by molar-refractivity contribution is 7.80. The van der Waals surface area contributed by atoms with Crippen molar-refractivity contribution in [1.82, 2.24) is 15.2 Å². The van der Waals surface area contributed by atoms with Gasteiger partial charge in [-0.3, -0.25) is 9.78 Å². The third kappa shape index (κ3) is 4.45. The summed E-state index contributed by atoms with van der Waals surface area (Å²) in [5.74, 6) is -0.752. The second kappa shape index (κ2) is 9.07. The molecule has 154 valence electrons. The maximum Gasteiger partial charge on any atom is 0.226 e. The maximum absolute atomic E-state index is 13.8. The highest BCUT2D eigenvalue weighted by Crippen LogP contribution is 2.42. The summed E-state index contributed by atoms with van der Waals surface area (Å²) in [6.45, 7) is 0.371. The van der Waals surface area contributed by atoms with Crippen LogP contribution in [-0.2, 0) is 4.79 Å². The molecular formula is C21H18ClFN4OS2. The molecule has 0 bridgehead atoms. The maximum atomic E-state index is 13.8. The molecule has 1 amide bonds. The summed E-state index contributed by atoms with van der Waals surface area (Å²) >= 11 is 13.2.